The van der Waals surface area contributed by atoms with Crippen molar-refractivity contribution in [2.24, 2.45) is 0 Å². The predicted octanol–water partition coefficient (Wildman–Crippen LogP) is 4.27. The standard InChI is InChI=1S/C16H20ClN3/c1-2-3-4-5-11-20-14-8-6-7-13(12-18)16(14)19-15(20)9-10-17/h6-8H,2-5,9-11H2,1H3. The minimum Gasteiger partial charge on any atom is -0.328 e. The van der Waals surface area contributed by atoms with E-state index in [1.807, 2.05) is 18.2 Å². The predicted molar refractivity (Wildman–Crippen MR) is 83.0 cm³/mol. The van der Waals surface area contributed by atoms with E-state index in [-0.39, 0.29) is 0 Å². The summed E-state index contributed by atoms with van der Waals surface area (Å²) in [6.45, 7) is 3.17. The molecule has 0 saturated heterocycles. The summed E-state index contributed by atoms with van der Waals surface area (Å²) in [4.78, 5) is 4.63. The average molecular weight is 290 g/mol. The van der Waals surface area contributed by atoms with Crippen molar-refractivity contribution in [2.45, 2.75) is 45.6 Å². The fraction of sp³-hybridized carbons (Fsp3) is 0.500. The highest BCUT2D eigenvalue weighted by atomic mass is 35.5. The third kappa shape index (κ3) is 3.13. The Kier molecular flexibility index (Phi) is 5.43. The number of nitrogens with zero attached hydrogens (tertiary/aromatic N) is 3. The van der Waals surface area contributed by atoms with Gasteiger partial charge in [-0.15, -0.1) is 11.6 Å². The van der Waals surface area contributed by atoms with Crippen LogP contribution in [0, 0.1) is 11.3 Å². The van der Waals surface area contributed by atoms with E-state index >= 15 is 0 Å². The topological polar surface area (TPSA) is 41.6 Å². The van der Waals surface area contributed by atoms with E-state index in [1.54, 1.807) is 0 Å². The molecular formula is C16H20ClN3. The number of halogens is 1. The Balaban J connectivity index is 2.34. The molecule has 0 bridgehead atoms. The SMILES string of the molecule is CCCCCCn1c(CCCl)nc2c(C#N)cccc21. The van der Waals surface area contributed by atoms with Gasteiger partial charge in [0.25, 0.3) is 0 Å². The molecule has 1 heterocycles. The zero-order valence-corrected chi connectivity index (χ0v) is 12.7. The zero-order chi connectivity index (χ0) is 14.4. The van der Waals surface area contributed by atoms with Crippen molar-refractivity contribution in [2.75, 3.05) is 5.88 Å². The van der Waals surface area contributed by atoms with Gasteiger partial charge < -0.3 is 4.57 Å². The van der Waals surface area contributed by atoms with Crippen LogP contribution in [0.2, 0.25) is 0 Å². The van der Waals surface area contributed by atoms with E-state index in [4.69, 9.17) is 11.6 Å². The van der Waals surface area contributed by atoms with Crippen molar-refractivity contribution in [3.05, 3.63) is 29.6 Å². The Morgan fingerprint density at radius 1 is 1.30 bits per heavy atom. The lowest BCUT2D eigenvalue weighted by Gasteiger charge is -2.08. The van der Waals surface area contributed by atoms with E-state index in [0.29, 0.717) is 11.4 Å². The maximum Gasteiger partial charge on any atom is 0.111 e. The Bertz CT molecular complexity index is 610. The number of aryl methyl sites for hydroxylation is 2. The van der Waals surface area contributed by atoms with Gasteiger partial charge in [0.1, 0.15) is 17.4 Å². The van der Waals surface area contributed by atoms with E-state index in [9.17, 15) is 5.26 Å². The number of rotatable bonds is 7. The maximum absolute atomic E-state index is 9.19. The molecule has 0 amide bonds. The summed E-state index contributed by atoms with van der Waals surface area (Å²) in [6, 6.07) is 8.01. The highest BCUT2D eigenvalue weighted by molar-refractivity contribution is 6.17. The first-order valence-electron chi connectivity index (χ1n) is 7.26. The van der Waals surface area contributed by atoms with Crippen LogP contribution in [0.25, 0.3) is 11.0 Å². The Morgan fingerprint density at radius 3 is 2.85 bits per heavy atom. The molecule has 3 nitrogen and oxygen atoms in total. The zero-order valence-electron chi connectivity index (χ0n) is 11.9. The van der Waals surface area contributed by atoms with Crippen molar-refractivity contribution >= 4 is 22.6 Å². The minimum atomic E-state index is 0.556. The second kappa shape index (κ2) is 7.31. The summed E-state index contributed by atoms with van der Waals surface area (Å²) in [5.41, 5.74) is 2.51. The van der Waals surface area contributed by atoms with Crippen molar-refractivity contribution in [1.29, 1.82) is 5.26 Å². The summed E-state index contributed by atoms with van der Waals surface area (Å²) in [7, 11) is 0. The number of hydrogen-bond acceptors (Lipinski definition) is 2. The summed E-state index contributed by atoms with van der Waals surface area (Å²) in [5, 5.41) is 9.19. The molecule has 2 aromatic rings. The van der Waals surface area contributed by atoms with Gasteiger partial charge >= 0.3 is 0 Å². The van der Waals surface area contributed by atoms with Crippen LogP contribution < -0.4 is 0 Å². The van der Waals surface area contributed by atoms with Crippen LogP contribution in [0.4, 0.5) is 0 Å². The van der Waals surface area contributed by atoms with E-state index in [1.165, 1.54) is 19.3 Å². The van der Waals surface area contributed by atoms with Crippen molar-refractivity contribution in [3.8, 4) is 6.07 Å². The number of alkyl halides is 1. The molecule has 20 heavy (non-hydrogen) atoms. The van der Waals surface area contributed by atoms with Crippen LogP contribution in [0.1, 0.15) is 44.0 Å². The largest absolute Gasteiger partial charge is 0.328 e. The number of hydrogen-bond donors (Lipinski definition) is 0. The number of imidazole rings is 1. The summed E-state index contributed by atoms with van der Waals surface area (Å²) < 4.78 is 2.23. The third-order valence-corrected chi connectivity index (χ3v) is 3.72. The number of unbranched alkanes of at least 4 members (excludes halogenated alkanes) is 3. The van der Waals surface area contributed by atoms with Gasteiger partial charge in [-0.1, -0.05) is 32.3 Å². The van der Waals surface area contributed by atoms with E-state index in [0.717, 1.165) is 36.2 Å². The lowest BCUT2D eigenvalue weighted by molar-refractivity contribution is 0.576. The first-order chi connectivity index (χ1) is 9.81. The number of fused-ring (bicyclic) bond motifs is 1. The number of nitriles is 1. The smallest absolute Gasteiger partial charge is 0.111 e. The molecule has 0 saturated carbocycles. The van der Waals surface area contributed by atoms with Crippen LogP contribution in [-0.4, -0.2) is 15.4 Å². The summed E-state index contributed by atoms with van der Waals surface area (Å²) in [5.74, 6) is 1.55. The quantitative estimate of drug-likeness (QED) is 0.564. The maximum atomic E-state index is 9.19. The van der Waals surface area contributed by atoms with Gasteiger partial charge in [-0.05, 0) is 18.6 Å². The number of benzene rings is 1. The van der Waals surface area contributed by atoms with Gasteiger partial charge in [-0.3, -0.25) is 0 Å². The van der Waals surface area contributed by atoms with Crippen LogP contribution >= 0.6 is 11.6 Å². The van der Waals surface area contributed by atoms with Crippen LogP contribution in [0.5, 0.6) is 0 Å². The highest BCUT2D eigenvalue weighted by Gasteiger charge is 2.12. The Labute approximate surface area is 125 Å². The Morgan fingerprint density at radius 2 is 2.15 bits per heavy atom. The molecule has 1 aromatic heterocycles. The molecule has 0 atom stereocenters. The van der Waals surface area contributed by atoms with Crippen LogP contribution in [0.15, 0.2) is 18.2 Å². The molecule has 0 aliphatic rings. The first kappa shape index (κ1) is 14.9. The fourth-order valence-corrected chi connectivity index (χ4v) is 2.68. The molecule has 0 aliphatic carbocycles. The monoisotopic (exact) mass is 289 g/mol. The molecule has 0 unspecified atom stereocenters. The molecule has 0 fully saturated rings. The molecule has 4 heteroatoms. The molecule has 2 rings (SSSR count). The van der Waals surface area contributed by atoms with Gasteiger partial charge in [0, 0.05) is 18.8 Å². The third-order valence-electron chi connectivity index (χ3n) is 3.53. The molecule has 0 N–H and O–H groups in total. The van der Waals surface area contributed by atoms with Crippen molar-refractivity contribution in [1.82, 2.24) is 9.55 Å². The van der Waals surface area contributed by atoms with Gasteiger partial charge in [0.15, 0.2) is 0 Å². The number of para-hydroxylation sites is 1. The molecule has 106 valence electrons. The lowest BCUT2D eigenvalue weighted by atomic mass is 10.2. The van der Waals surface area contributed by atoms with Crippen LogP contribution in [-0.2, 0) is 13.0 Å². The molecular weight excluding hydrogens is 270 g/mol. The van der Waals surface area contributed by atoms with Gasteiger partial charge in [-0.25, -0.2) is 4.98 Å². The van der Waals surface area contributed by atoms with Gasteiger partial charge in [-0.2, -0.15) is 5.26 Å². The summed E-state index contributed by atoms with van der Waals surface area (Å²) in [6.07, 6.45) is 5.62. The normalized spacial score (nSPS) is 10.8. The fourth-order valence-electron chi connectivity index (χ4n) is 2.51. The van der Waals surface area contributed by atoms with Gasteiger partial charge in [0.05, 0.1) is 11.1 Å². The molecule has 0 aliphatic heterocycles. The van der Waals surface area contributed by atoms with Gasteiger partial charge in [0.2, 0.25) is 0 Å². The molecule has 1 aromatic carbocycles. The number of aromatic nitrogens is 2. The molecule has 0 spiro atoms. The minimum absolute atomic E-state index is 0.556. The van der Waals surface area contributed by atoms with Crippen LogP contribution in [0.3, 0.4) is 0 Å². The second-order valence-electron chi connectivity index (χ2n) is 4.96. The highest BCUT2D eigenvalue weighted by Crippen LogP contribution is 2.21. The lowest BCUT2D eigenvalue weighted by Crippen LogP contribution is -2.05. The first-order valence-corrected chi connectivity index (χ1v) is 7.79. The van der Waals surface area contributed by atoms with Crippen molar-refractivity contribution in [3.63, 3.8) is 0 Å². The Hall–Kier alpha value is -1.53. The van der Waals surface area contributed by atoms with E-state index < -0.39 is 0 Å². The van der Waals surface area contributed by atoms with E-state index in [2.05, 4.69) is 22.5 Å². The molecule has 0 radical (unpaired) electrons. The van der Waals surface area contributed by atoms with Crippen molar-refractivity contribution < 1.29 is 0 Å². The summed E-state index contributed by atoms with van der Waals surface area (Å²) >= 11 is 5.87. The average Bonchev–Trinajstić information content (AvgIpc) is 2.82. The second-order valence-corrected chi connectivity index (χ2v) is 5.34.